The molecule has 4 heteroatoms. The predicted molar refractivity (Wildman–Crippen MR) is 88.4 cm³/mol. The van der Waals surface area contributed by atoms with Gasteiger partial charge in [-0.3, -0.25) is 4.79 Å². The number of rotatable bonds is 4. The van der Waals surface area contributed by atoms with Gasteiger partial charge in [-0.25, -0.2) is 0 Å². The summed E-state index contributed by atoms with van der Waals surface area (Å²) in [6.07, 6.45) is 0. The Balaban J connectivity index is 1.69. The molecule has 0 aliphatic carbocycles. The maximum Gasteiger partial charge on any atom is 0.173 e. The number of ketones is 1. The number of thioether (sulfide) groups is 1. The summed E-state index contributed by atoms with van der Waals surface area (Å²) in [5.41, 5.74) is 2.95. The molecule has 0 fully saturated rings. The molecule has 114 valence electrons. The van der Waals surface area contributed by atoms with Crippen molar-refractivity contribution in [2.75, 3.05) is 19.0 Å². The number of carbonyl (C=O) groups is 1. The highest BCUT2D eigenvalue weighted by atomic mass is 32.2. The summed E-state index contributed by atoms with van der Waals surface area (Å²) < 4.78 is 11.1. The van der Waals surface area contributed by atoms with Gasteiger partial charge in [0.25, 0.3) is 0 Å². The van der Waals surface area contributed by atoms with Crippen molar-refractivity contribution in [2.45, 2.75) is 18.7 Å². The molecule has 3 nitrogen and oxygen atoms in total. The highest BCUT2D eigenvalue weighted by Gasteiger charge is 2.14. The van der Waals surface area contributed by atoms with E-state index in [1.807, 2.05) is 50.2 Å². The van der Waals surface area contributed by atoms with Crippen molar-refractivity contribution >= 4 is 17.5 Å². The third-order valence-electron chi connectivity index (χ3n) is 3.58. The fraction of sp³-hybridized carbons (Fsp3) is 0.278. The maximum absolute atomic E-state index is 12.4. The van der Waals surface area contributed by atoms with Crippen molar-refractivity contribution in [3.63, 3.8) is 0 Å². The third kappa shape index (κ3) is 3.28. The maximum atomic E-state index is 12.4. The molecular weight excluding hydrogens is 296 g/mol. The zero-order chi connectivity index (χ0) is 15.5. The van der Waals surface area contributed by atoms with E-state index in [1.165, 1.54) is 11.8 Å². The minimum Gasteiger partial charge on any atom is -0.486 e. The summed E-state index contributed by atoms with van der Waals surface area (Å²) in [6, 6.07) is 11.8. The molecule has 0 atom stereocenters. The summed E-state index contributed by atoms with van der Waals surface area (Å²) in [5.74, 6) is 2.11. The van der Waals surface area contributed by atoms with E-state index in [9.17, 15) is 4.79 Å². The molecule has 1 aliphatic heterocycles. The van der Waals surface area contributed by atoms with Crippen molar-refractivity contribution in [2.24, 2.45) is 0 Å². The highest BCUT2D eigenvalue weighted by Crippen LogP contribution is 2.34. The molecule has 0 N–H and O–H groups in total. The molecule has 1 heterocycles. The standard InChI is InChI=1S/C18H18O3S/c1-12-3-4-13(2)15(9-12)16(19)11-22-14-5-6-17-18(10-14)21-8-7-20-17/h3-6,9-10H,7-8,11H2,1-2H3. The summed E-state index contributed by atoms with van der Waals surface area (Å²) in [5, 5.41) is 0. The van der Waals surface area contributed by atoms with Crippen LogP contribution in [0.5, 0.6) is 11.5 Å². The number of Topliss-reactive ketones (excluding diaryl/α,β-unsaturated/α-hetero) is 1. The number of hydrogen-bond acceptors (Lipinski definition) is 4. The van der Waals surface area contributed by atoms with Gasteiger partial charge in [0.1, 0.15) is 13.2 Å². The third-order valence-corrected chi connectivity index (χ3v) is 4.57. The zero-order valence-electron chi connectivity index (χ0n) is 12.7. The Labute approximate surface area is 134 Å². The van der Waals surface area contributed by atoms with Gasteiger partial charge in [0.2, 0.25) is 0 Å². The largest absolute Gasteiger partial charge is 0.486 e. The lowest BCUT2D eigenvalue weighted by atomic mass is 10.0. The molecule has 0 bridgehead atoms. The van der Waals surface area contributed by atoms with E-state index < -0.39 is 0 Å². The normalized spacial score (nSPS) is 13.0. The van der Waals surface area contributed by atoms with Crippen LogP contribution in [0.15, 0.2) is 41.3 Å². The van der Waals surface area contributed by atoms with Crippen LogP contribution in [0.25, 0.3) is 0 Å². The van der Waals surface area contributed by atoms with Gasteiger partial charge in [-0.15, -0.1) is 11.8 Å². The van der Waals surface area contributed by atoms with Crippen LogP contribution in [0.2, 0.25) is 0 Å². The first-order chi connectivity index (χ1) is 10.6. The van der Waals surface area contributed by atoms with Crippen molar-refractivity contribution in [3.05, 3.63) is 53.1 Å². The lowest BCUT2D eigenvalue weighted by Gasteiger charge is -2.18. The number of ether oxygens (including phenoxy) is 2. The molecule has 22 heavy (non-hydrogen) atoms. The average Bonchev–Trinajstić information content (AvgIpc) is 2.54. The molecule has 0 amide bonds. The van der Waals surface area contributed by atoms with E-state index in [1.54, 1.807) is 0 Å². The molecule has 0 spiro atoms. The smallest absolute Gasteiger partial charge is 0.173 e. The Morgan fingerprint density at radius 2 is 1.82 bits per heavy atom. The van der Waals surface area contributed by atoms with Gasteiger partial charge in [0.05, 0.1) is 5.75 Å². The van der Waals surface area contributed by atoms with Crippen LogP contribution < -0.4 is 9.47 Å². The first-order valence-electron chi connectivity index (χ1n) is 7.26. The molecule has 0 aromatic heterocycles. The first-order valence-corrected chi connectivity index (χ1v) is 8.25. The van der Waals surface area contributed by atoms with Crippen LogP contribution in [0.4, 0.5) is 0 Å². The molecule has 0 unspecified atom stereocenters. The first kappa shape index (κ1) is 15.0. The van der Waals surface area contributed by atoms with Gasteiger partial charge in [0.15, 0.2) is 17.3 Å². The van der Waals surface area contributed by atoms with E-state index in [-0.39, 0.29) is 5.78 Å². The SMILES string of the molecule is Cc1ccc(C)c(C(=O)CSc2ccc3c(c2)OCCO3)c1. The van der Waals surface area contributed by atoms with Crippen LogP contribution in [-0.4, -0.2) is 24.7 Å². The van der Waals surface area contributed by atoms with Gasteiger partial charge in [-0.2, -0.15) is 0 Å². The Hall–Kier alpha value is -1.94. The Bertz CT molecular complexity index is 709. The lowest BCUT2D eigenvalue weighted by molar-refractivity contribution is 0.102. The monoisotopic (exact) mass is 314 g/mol. The van der Waals surface area contributed by atoms with Crippen LogP contribution in [0.1, 0.15) is 21.5 Å². The Morgan fingerprint density at radius 1 is 1.05 bits per heavy atom. The van der Waals surface area contributed by atoms with Gasteiger partial charge in [-0.1, -0.05) is 17.7 Å². The minimum atomic E-state index is 0.154. The van der Waals surface area contributed by atoms with Gasteiger partial charge in [-0.05, 0) is 43.7 Å². The second kappa shape index (κ2) is 6.44. The van der Waals surface area contributed by atoms with E-state index in [2.05, 4.69) is 0 Å². The number of carbonyl (C=O) groups excluding carboxylic acids is 1. The summed E-state index contributed by atoms with van der Waals surface area (Å²) in [4.78, 5) is 13.4. The minimum absolute atomic E-state index is 0.154. The van der Waals surface area contributed by atoms with E-state index in [0.717, 1.165) is 33.1 Å². The predicted octanol–water partition coefficient (Wildman–Crippen LogP) is 4.05. The molecule has 3 rings (SSSR count). The van der Waals surface area contributed by atoms with Crippen molar-refractivity contribution < 1.29 is 14.3 Å². The molecule has 0 saturated carbocycles. The van der Waals surface area contributed by atoms with Crippen molar-refractivity contribution in [3.8, 4) is 11.5 Å². The number of benzene rings is 2. The topological polar surface area (TPSA) is 35.5 Å². The fourth-order valence-electron chi connectivity index (χ4n) is 2.38. The summed E-state index contributed by atoms with van der Waals surface area (Å²) >= 11 is 1.53. The highest BCUT2D eigenvalue weighted by molar-refractivity contribution is 8.00. The second-order valence-corrected chi connectivity index (χ2v) is 6.38. The van der Waals surface area contributed by atoms with Crippen LogP contribution in [0.3, 0.4) is 0 Å². The lowest BCUT2D eigenvalue weighted by Crippen LogP contribution is -2.15. The van der Waals surface area contributed by atoms with Gasteiger partial charge in [0, 0.05) is 10.5 Å². The van der Waals surface area contributed by atoms with E-state index in [4.69, 9.17) is 9.47 Å². The summed E-state index contributed by atoms with van der Waals surface area (Å²) in [6.45, 7) is 5.14. The fourth-order valence-corrected chi connectivity index (χ4v) is 3.18. The zero-order valence-corrected chi connectivity index (χ0v) is 13.5. The van der Waals surface area contributed by atoms with Crippen LogP contribution in [0, 0.1) is 13.8 Å². The Morgan fingerprint density at radius 3 is 2.64 bits per heavy atom. The van der Waals surface area contributed by atoms with E-state index in [0.29, 0.717) is 19.0 Å². The average molecular weight is 314 g/mol. The molecule has 1 aliphatic rings. The van der Waals surface area contributed by atoms with Gasteiger partial charge < -0.3 is 9.47 Å². The molecule has 0 radical (unpaired) electrons. The molecular formula is C18H18O3S. The molecule has 2 aromatic rings. The van der Waals surface area contributed by atoms with Crippen LogP contribution in [-0.2, 0) is 0 Å². The van der Waals surface area contributed by atoms with Crippen molar-refractivity contribution in [1.82, 2.24) is 0 Å². The number of aryl methyl sites for hydroxylation is 2. The molecule has 0 saturated heterocycles. The molecule has 2 aromatic carbocycles. The summed E-state index contributed by atoms with van der Waals surface area (Å²) in [7, 11) is 0. The Kier molecular flexibility index (Phi) is 4.39. The van der Waals surface area contributed by atoms with E-state index >= 15 is 0 Å². The van der Waals surface area contributed by atoms with Crippen molar-refractivity contribution in [1.29, 1.82) is 0 Å². The second-order valence-electron chi connectivity index (χ2n) is 5.34. The van der Waals surface area contributed by atoms with Crippen LogP contribution >= 0.6 is 11.8 Å². The quantitative estimate of drug-likeness (QED) is 0.630. The number of hydrogen-bond donors (Lipinski definition) is 0. The van der Waals surface area contributed by atoms with Gasteiger partial charge >= 0.3 is 0 Å². The number of fused-ring (bicyclic) bond motifs is 1.